The highest BCUT2D eigenvalue weighted by Crippen LogP contribution is 2.31. The number of carbonyl (C=O) groups excluding carboxylic acids is 1. The van der Waals surface area contributed by atoms with Crippen molar-refractivity contribution >= 4 is 29.3 Å². The minimum Gasteiger partial charge on any atom is -0.340 e. The molecule has 0 bridgehead atoms. The number of halogens is 1. The zero-order chi connectivity index (χ0) is 22.5. The zero-order valence-electron chi connectivity index (χ0n) is 17.7. The van der Waals surface area contributed by atoms with Gasteiger partial charge in [0.2, 0.25) is 5.91 Å². The number of pyridine rings is 1. The first-order chi connectivity index (χ1) is 15.5. The molecule has 0 aliphatic carbocycles. The average Bonchev–Trinajstić information content (AvgIpc) is 3.23. The molecule has 2 aromatic heterocycles. The molecule has 1 amide bonds. The van der Waals surface area contributed by atoms with Crippen LogP contribution in [-0.2, 0) is 11.3 Å². The van der Waals surface area contributed by atoms with Crippen LogP contribution in [-0.4, -0.2) is 42.9 Å². The van der Waals surface area contributed by atoms with Gasteiger partial charge in [0.05, 0.1) is 5.25 Å². The van der Waals surface area contributed by atoms with Crippen molar-refractivity contribution in [1.29, 1.82) is 0 Å². The lowest BCUT2D eigenvalue weighted by atomic mass is 10.2. The molecule has 0 N–H and O–H groups in total. The molecular weight excluding hydrogens is 442 g/mol. The second-order valence-electron chi connectivity index (χ2n) is 7.29. The minimum absolute atomic E-state index is 0.0231. The predicted octanol–water partition coefficient (Wildman–Crippen LogP) is 5.12. The number of thioether (sulfide) groups is 1. The fraction of sp³-hybridized carbons (Fsp3) is 0.167. The standard InChI is InChI=1S/C24H22ClN5OS/c1-17(23(31)29(2)16-18-6-4-3-5-7-18)32-24-28-27-22(19-12-14-26-15-13-19)30(24)21-10-8-20(25)9-11-21/h3-15,17H,16H2,1-2H3. The molecule has 0 aliphatic rings. The maximum absolute atomic E-state index is 13.0. The molecule has 2 heterocycles. The van der Waals surface area contributed by atoms with E-state index in [0.717, 1.165) is 16.8 Å². The van der Waals surface area contributed by atoms with Crippen molar-refractivity contribution in [2.24, 2.45) is 0 Å². The second kappa shape index (κ2) is 9.97. The highest BCUT2D eigenvalue weighted by molar-refractivity contribution is 8.00. The fourth-order valence-corrected chi connectivity index (χ4v) is 4.42. The normalized spacial score (nSPS) is 11.8. The second-order valence-corrected chi connectivity index (χ2v) is 9.04. The van der Waals surface area contributed by atoms with E-state index in [4.69, 9.17) is 11.6 Å². The number of amides is 1. The van der Waals surface area contributed by atoms with Crippen molar-refractivity contribution < 1.29 is 4.79 Å². The maximum atomic E-state index is 13.0. The molecule has 162 valence electrons. The molecule has 0 aliphatic heterocycles. The molecule has 0 saturated heterocycles. The Kier molecular flexibility index (Phi) is 6.87. The van der Waals surface area contributed by atoms with Crippen LogP contribution in [0.25, 0.3) is 17.1 Å². The molecule has 0 radical (unpaired) electrons. The highest BCUT2D eigenvalue weighted by atomic mass is 35.5. The Bertz CT molecular complexity index is 1180. The summed E-state index contributed by atoms with van der Waals surface area (Å²) in [5, 5.41) is 9.76. The summed E-state index contributed by atoms with van der Waals surface area (Å²) < 4.78 is 1.94. The molecule has 0 spiro atoms. The van der Waals surface area contributed by atoms with Gasteiger partial charge in [0.1, 0.15) is 0 Å². The summed E-state index contributed by atoms with van der Waals surface area (Å²) in [6, 6.07) is 21.2. The number of aromatic nitrogens is 4. The molecule has 2 aromatic carbocycles. The van der Waals surface area contributed by atoms with Crippen molar-refractivity contribution in [3.63, 3.8) is 0 Å². The van der Waals surface area contributed by atoms with Crippen molar-refractivity contribution in [3.05, 3.63) is 89.7 Å². The zero-order valence-corrected chi connectivity index (χ0v) is 19.3. The van der Waals surface area contributed by atoms with E-state index >= 15 is 0 Å². The van der Waals surface area contributed by atoms with Gasteiger partial charge in [0.25, 0.3) is 0 Å². The third kappa shape index (κ3) is 5.00. The van der Waals surface area contributed by atoms with Crippen LogP contribution in [0.3, 0.4) is 0 Å². The topological polar surface area (TPSA) is 63.9 Å². The van der Waals surface area contributed by atoms with Crippen LogP contribution in [0.4, 0.5) is 0 Å². The lowest BCUT2D eigenvalue weighted by Crippen LogP contribution is -2.32. The van der Waals surface area contributed by atoms with Gasteiger partial charge in [0, 0.05) is 42.3 Å². The summed E-state index contributed by atoms with van der Waals surface area (Å²) in [6.07, 6.45) is 3.43. The Labute approximate surface area is 196 Å². The van der Waals surface area contributed by atoms with Gasteiger partial charge in [-0.2, -0.15) is 0 Å². The van der Waals surface area contributed by atoms with E-state index in [9.17, 15) is 4.79 Å². The first kappa shape index (κ1) is 22.0. The molecule has 0 fully saturated rings. The van der Waals surface area contributed by atoms with Crippen molar-refractivity contribution in [2.45, 2.75) is 23.9 Å². The average molecular weight is 464 g/mol. The molecular formula is C24H22ClN5OS. The Hall–Kier alpha value is -3.16. The molecule has 1 atom stereocenters. The monoisotopic (exact) mass is 463 g/mol. The number of hydrogen-bond donors (Lipinski definition) is 0. The molecule has 0 saturated carbocycles. The number of nitrogens with zero attached hydrogens (tertiary/aromatic N) is 5. The third-order valence-corrected chi connectivity index (χ3v) is 6.21. The summed E-state index contributed by atoms with van der Waals surface area (Å²) in [6.45, 7) is 2.44. The minimum atomic E-state index is -0.343. The molecule has 4 aromatic rings. The van der Waals surface area contributed by atoms with E-state index in [1.54, 1.807) is 17.3 Å². The quantitative estimate of drug-likeness (QED) is 0.356. The lowest BCUT2D eigenvalue weighted by molar-refractivity contribution is -0.129. The third-order valence-electron chi connectivity index (χ3n) is 4.93. The summed E-state index contributed by atoms with van der Waals surface area (Å²) in [5.41, 5.74) is 2.84. The number of rotatable bonds is 7. The molecule has 4 rings (SSSR count). The van der Waals surface area contributed by atoms with Crippen molar-refractivity contribution in [2.75, 3.05) is 7.05 Å². The summed E-state index contributed by atoms with van der Waals surface area (Å²) in [7, 11) is 1.82. The van der Waals surface area contributed by atoms with E-state index in [1.807, 2.05) is 85.3 Å². The van der Waals surface area contributed by atoms with Gasteiger partial charge in [-0.1, -0.05) is 53.7 Å². The largest absolute Gasteiger partial charge is 0.340 e. The smallest absolute Gasteiger partial charge is 0.235 e. The SMILES string of the molecule is CC(Sc1nnc(-c2ccncc2)n1-c1ccc(Cl)cc1)C(=O)N(C)Cc1ccccc1. The van der Waals surface area contributed by atoms with Crippen LogP contribution in [0.1, 0.15) is 12.5 Å². The molecule has 6 nitrogen and oxygen atoms in total. The van der Waals surface area contributed by atoms with Gasteiger partial charge in [-0.3, -0.25) is 14.3 Å². The van der Waals surface area contributed by atoms with Crippen LogP contribution in [0.5, 0.6) is 0 Å². The van der Waals surface area contributed by atoms with E-state index < -0.39 is 0 Å². The van der Waals surface area contributed by atoms with Gasteiger partial charge in [-0.05, 0) is 48.9 Å². The van der Waals surface area contributed by atoms with E-state index in [-0.39, 0.29) is 11.2 Å². The van der Waals surface area contributed by atoms with Crippen molar-refractivity contribution in [1.82, 2.24) is 24.6 Å². The van der Waals surface area contributed by atoms with Gasteiger partial charge in [0.15, 0.2) is 11.0 Å². The molecule has 8 heteroatoms. The van der Waals surface area contributed by atoms with Crippen LogP contribution in [0.2, 0.25) is 5.02 Å². The Morgan fingerprint density at radius 2 is 1.72 bits per heavy atom. The van der Waals surface area contributed by atoms with Crippen LogP contribution < -0.4 is 0 Å². The number of carbonyl (C=O) groups is 1. The summed E-state index contributed by atoms with van der Waals surface area (Å²) in [4.78, 5) is 18.9. The highest BCUT2D eigenvalue weighted by Gasteiger charge is 2.24. The van der Waals surface area contributed by atoms with Crippen LogP contribution in [0, 0.1) is 0 Å². The van der Waals surface area contributed by atoms with Gasteiger partial charge in [-0.25, -0.2) is 0 Å². The van der Waals surface area contributed by atoms with Gasteiger partial charge in [-0.15, -0.1) is 10.2 Å². The summed E-state index contributed by atoms with van der Waals surface area (Å²) >= 11 is 7.47. The first-order valence-corrected chi connectivity index (χ1v) is 11.4. The predicted molar refractivity (Wildman–Crippen MR) is 128 cm³/mol. The Balaban J connectivity index is 1.61. The lowest BCUT2D eigenvalue weighted by Gasteiger charge is -2.21. The van der Waals surface area contributed by atoms with E-state index in [1.165, 1.54) is 11.8 Å². The van der Waals surface area contributed by atoms with E-state index in [0.29, 0.717) is 22.5 Å². The number of benzene rings is 2. The van der Waals surface area contributed by atoms with Crippen molar-refractivity contribution in [3.8, 4) is 17.1 Å². The molecule has 32 heavy (non-hydrogen) atoms. The maximum Gasteiger partial charge on any atom is 0.235 e. The molecule has 1 unspecified atom stereocenters. The van der Waals surface area contributed by atoms with Gasteiger partial charge < -0.3 is 4.90 Å². The first-order valence-electron chi connectivity index (χ1n) is 10.1. The van der Waals surface area contributed by atoms with Gasteiger partial charge >= 0.3 is 0 Å². The van der Waals surface area contributed by atoms with Crippen LogP contribution in [0.15, 0.2) is 84.3 Å². The number of hydrogen-bond acceptors (Lipinski definition) is 5. The van der Waals surface area contributed by atoms with E-state index in [2.05, 4.69) is 15.2 Å². The summed E-state index contributed by atoms with van der Waals surface area (Å²) in [5.74, 6) is 0.699. The fourth-order valence-electron chi connectivity index (χ4n) is 3.31. The Morgan fingerprint density at radius 3 is 2.41 bits per heavy atom. The Morgan fingerprint density at radius 1 is 1.03 bits per heavy atom. The van der Waals surface area contributed by atoms with Crippen LogP contribution >= 0.6 is 23.4 Å².